The zero-order valence-electron chi connectivity index (χ0n) is 10.9. The van der Waals surface area contributed by atoms with E-state index < -0.39 is 9.70 Å². The molecule has 108 valence electrons. The highest BCUT2D eigenvalue weighted by molar-refractivity contribution is 6.76. The lowest BCUT2D eigenvalue weighted by Crippen LogP contribution is -2.45. The molecule has 1 aromatic rings. The molecule has 0 saturated heterocycles. The van der Waals surface area contributed by atoms with Gasteiger partial charge in [-0.25, -0.2) is 0 Å². The quantitative estimate of drug-likeness (QED) is 0.590. The number of amides is 1. The Hall–Kier alpha value is -0.700. The largest absolute Gasteiger partial charge is 0.331 e. The fourth-order valence-corrected chi connectivity index (χ4v) is 2.70. The number of halogens is 3. The van der Waals surface area contributed by atoms with Crippen molar-refractivity contribution in [1.29, 1.82) is 0 Å². The number of carbonyl (C=O) groups excluding carboxylic acids is 1. The van der Waals surface area contributed by atoms with Crippen LogP contribution < -0.4 is 0 Å². The Morgan fingerprint density at radius 3 is 2.45 bits per heavy atom. The van der Waals surface area contributed by atoms with E-state index >= 15 is 0 Å². The minimum absolute atomic E-state index is 0.0864. The first-order valence-electron chi connectivity index (χ1n) is 6.55. The molecule has 1 aliphatic rings. The molecule has 0 saturated carbocycles. The van der Waals surface area contributed by atoms with Crippen LogP contribution in [-0.4, -0.2) is 20.6 Å². The summed E-state index contributed by atoms with van der Waals surface area (Å²) in [6.07, 6.45) is 6.85. The van der Waals surface area contributed by atoms with Crippen molar-refractivity contribution in [3.8, 4) is 0 Å². The Morgan fingerprint density at radius 2 is 1.90 bits per heavy atom. The Kier molecular flexibility index (Phi) is 5.36. The van der Waals surface area contributed by atoms with Gasteiger partial charge in [0.1, 0.15) is 0 Å². The summed E-state index contributed by atoms with van der Waals surface area (Å²) < 4.78 is -1.91. The molecule has 2 nitrogen and oxygen atoms in total. The Morgan fingerprint density at radius 1 is 1.20 bits per heavy atom. The molecule has 0 aliphatic heterocycles. The zero-order chi connectivity index (χ0) is 14.6. The third kappa shape index (κ3) is 4.15. The van der Waals surface area contributed by atoms with Gasteiger partial charge in [-0.05, 0) is 24.8 Å². The highest BCUT2D eigenvalue weighted by atomic mass is 35.6. The molecule has 5 heteroatoms. The predicted octanol–water partition coefficient (Wildman–Crippen LogP) is 4.49. The molecule has 2 rings (SSSR count). The summed E-state index contributed by atoms with van der Waals surface area (Å²) in [4.78, 5) is 14.1. The molecule has 1 aliphatic carbocycles. The van der Waals surface area contributed by atoms with Crippen molar-refractivity contribution in [3.05, 3.63) is 48.0 Å². The average molecular weight is 333 g/mol. The zero-order valence-corrected chi connectivity index (χ0v) is 13.2. The van der Waals surface area contributed by atoms with Crippen LogP contribution in [0.1, 0.15) is 24.8 Å². The van der Waals surface area contributed by atoms with Crippen molar-refractivity contribution in [1.82, 2.24) is 4.90 Å². The van der Waals surface area contributed by atoms with Gasteiger partial charge < -0.3 is 4.90 Å². The van der Waals surface area contributed by atoms with E-state index in [-0.39, 0.29) is 6.04 Å². The number of alkyl halides is 3. The van der Waals surface area contributed by atoms with Gasteiger partial charge in [0.25, 0.3) is 9.70 Å². The standard InChI is InChI=1S/C15H16Cl3NO/c16-15(17,18)14(20)19(13-9-5-2-6-10-13)11-12-7-3-1-4-8-12/h1-5,7-8,13H,6,9-11H2. The van der Waals surface area contributed by atoms with Gasteiger partial charge in [-0.1, -0.05) is 77.3 Å². The smallest absolute Gasteiger partial charge is 0.275 e. The lowest BCUT2D eigenvalue weighted by molar-refractivity contribution is -0.133. The lowest BCUT2D eigenvalue weighted by atomic mass is 9.99. The van der Waals surface area contributed by atoms with E-state index in [0.29, 0.717) is 6.54 Å². The Labute approximate surface area is 134 Å². The van der Waals surface area contributed by atoms with Crippen LogP contribution in [0.3, 0.4) is 0 Å². The third-order valence-electron chi connectivity index (χ3n) is 3.38. The number of benzene rings is 1. The van der Waals surface area contributed by atoms with E-state index in [1.807, 2.05) is 30.3 Å². The number of hydrogen-bond acceptors (Lipinski definition) is 1. The van der Waals surface area contributed by atoms with Crippen LogP contribution in [0.4, 0.5) is 0 Å². The van der Waals surface area contributed by atoms with Gasteiger partial charge in [-0.2, -0.15) is 0 Å². The molecule has 0 bridgehead atoms. The fourth-order valence-electron chi connectivity index (χ4n) is 2.37. The summed E-state index contributed by atoms with van der Waals surface area (Å²) in [5, 5.41) is 0. The molecule has 0 radical (unpaired) electrons. The molecule has 1 aromatic carbocycles. The van der Waals surface area contributed by atoms with Crippen LogP contribution in [0.25, 0.3) is 0 Å². The molecule has 20 heavy (non-hydrogen) atoms. The van der Waals surface area contributed by atoms with Crippen LogP contribution in [-0.2, 0) is 11.3 Å². The van der Waals surface area contributed by atoms with Crippen molar-refractivity contribution in [3.63, 3.8) is 0 Å². The Bertz CT molecular complexity index is 482. The molecular formula is C15H16Cl3NO. The molecule has 0 N–H and O–H groups in total. The molecule has 1 unspecified atom stereocenters. The van der Waals surface area contributed by atoms with Crippen molar-refractivity contribution < 1.29 is 4.79 Å². The summed E-state index contributed by atoms with van der Waals surface area (Å²) in [7, 11) is 0. The maximum atomic E-state index is 12.4. The minimum Gasteiger partial charge on any atom is -0.331 e. The first-order chi connectivity index (χ1) is 9.48. The molecule has 1 amide bonds. The molecule has 1 atom stereocenters. The van der Waals surface area contributed by atoms with E-state index in [1.165, 1.54) is 0 Å². The van der Waals surface area contributed by atoms with Crippen LogP contribution >= 0.6 is 34.8 Å². The highest BCUT2D eigenvalue weighted by Gasteiger charge is 2.38. The minimum atomic E-state index is -1.91. The van der Waals surface area contributed by atoms with Crippen LogP contribution in [0.15, 0.2) is 42.5 Å². The van der Waals surface area contributed by atoms with Crippen molar-refractivity contribution in [2.24, 2.45) is 0 Å². The summed E-state index contributed by atoms with van der Waals surface area (Å²) in [5.74, 6) is -0.452. The Balaban J connectivity index is 2.19. The summed E-state index contributed by atoms with van der Waals surface area (Å²) in [5.41, 5.74) is 1.03. The fraction of sp³-hybridized carbons (Fsp3) is 0.400. The molecule has 0 aromatic heterocycles. The summed E-state index contributed by atoms with van der Waals surface area (Å²) in [6.45, 7) is 0.464. The monoisotopic (exact) mass is 331 g/mol. The van der Waals surface area contributed by atoms with Crippen LogP contribution in [0, 0.1) is 0 Å². The maximum Gasteiger partial charge on any atom is 0.275 e. The van der Waals surface area contributed by atoms with Gasteiger partial charge in [-0.15, -0.1) is 0 Å². The second-order valence-electron chi connectivity index (χ2n) is 4.85. The van der Waals surface area contributed by atoms with E-state index in [1.54, 1.807) is 4.90 Å². The van der Waals surface area contributed by atoms with Gasteiger partial charge in [0.2, 0.25) is 0 Å². The van der Waals surface area contributed by atoms with Gasteiger partial charge in [0.05, 0.1) is 0 Å². The molecule has 0 spiro atoms. The maximum absolute atomic E-state index is 12.4. The number of allylic oxidation sites excluding steroid dienone is 1. The van der Waals surface area contributed by atoms with Gasteiger partial charge in [-0.3, -0.25) is 4.79 Å². The summed E-state index contributed by atoms with van der Waals surface area (Å²) in [6, 6.07) is 9.84. The molecular weight excluding hydrogens is 317 g/mol. The van der Waals surface area contributed by atoms with Crippen LogP contribution in [0.5, 0.6) is 0 Å². The second-order valence-corrected chi connectivity index (χ2v) is 7.14. The number of nitrogens with zero attached hydrogens (tertiary/aromatic N) is 1. The molecule has 0 fully saturated rings. The van der Waals surface area contributed by atoms with E-state index in [0.717, 1.165) is 24.8 Å². The van der Waals surface area contributed by atoms with Crippen LogP contribution in [0.2, 0.25) is 0 Å². The first kappa shape index (κ1) is 15.7. The highest BCUT2D eigenvalue weighted by Crippen LogP contribution is 2.32. The molecule has 0 heterocycles. The summed E-state index contributed by atoms with van der Waals surface area (Å²) >= 11 is 17.4. The van der Waals surface area contributed by atoms with Gasteiger partial charge in [0.15, 0.2) is 0 Å². The van der Waals surface area contributed by atoms with Gasteiger partial charge in [0, 0.05) is 12.6 Å². The second kappa shape index (κ2) is 6.84. The normalized spacial score (nSPS) is 18.9. The van der Waals surface area contributed by atoms with E-state index in [2.05, 4.69) is 12.2 Å². The first-order valence-corrected chi connectivity index (χ1v) is 7.68. The van der Waals surface area contributed by atoms with E-state index in [4.69, 9.17) is 34.8 Å². The number of carbonyl (C=O) groups is 1. The predicted molar refractivity (Wildman–Crippen MR) is 84.1 cm³/mol. The third-order valence-corrected chi connectivity index (χ3v) is 3.87. The number of rotatable bonds is 3. The van der Waals surface area contributed by atoms with Crippen molar-refractivity contribution in [2.75, 3.05) is 0 Å². The average Bonchev–Trinajstić information content (AvgIpc) is 2.45. The topological polar surface area (TPSA) is 20.3 Å². The van der Waals surface area contributed by atoms with Gasteiger partial charge >= 0.3 is 0 Å². The van der Waals surface area contributed by atoms with Crippen molar-refractivity contribution in [2.45, 2.75) is 35.6 Å². The van der Waals surface area contributed by atoms with Crippen molar-refractivity contribution >= 4 is 40.7 Å². The van der Waals surface area contributed by atoms with E-state index in [9.17, 15) is 4.79 Å². The SMILES string of the molecule is O=C(N(Cc1ccccc1)C1CC=CCC1)C(Cl)(Cl)Cl. The lowest BCUT2D eigenvalue weighted by Gasteiger charge is -2.34. The number of hydrogen-bond donors (Lipinski definition) is 0.